The Hall–Kier alpha value is -1.76. The predicted molar refractivity (Wildman–Crippen MR) is 71.8 cm³/mol. The Balaban J connectivity index is 2.77. The zero-order valence-electron chi connectivity index (χ0n) is 11.0. The molecule has 0 unspecified atom stereocenters. The summed E-state index contributed by atoms with van der Waals surface area (Å²) in [6.45, 7) is 8.61. The van der Waals surface area contributed by atoms with E-state index in [9.17, 15) is 0 Å². The number of aryl methyl sites for hydroxylation is 4. The minimum absolute atomic E-state index is 1.21. The van der Waals surface area contributed by atoms with Gasteiger partial charge in [-0.2, -0.15) is 0 Å². The van der Waals surface area contributed by atoms with Gasteiger partial charge in [0.2, 0.25) is 0 Å². The van der Waals surface area contributed by atoms with Crippen LogP contribution in [0.3, 0.4) is 0 Å². The highest BCUT2D eigenvalue weighted by molar-refractivity contribution is 5.68. The molecule has 0 atom stereocenters. The van der Waals surface area contributed by atoms with Crippen LogP contribution in [0.1, 0.15) is 22.3 Å². The molecule has 1 heteroatoms. The van der Waals surface area contributed by atoms with Crippen molar-refractivity contribution in [3.63, 3.8) is 0 Å². The van der Waals surface area contributed by atoms with Crippen molar-refractivity contribution in [2.45, 2.75) is 27.7 Å². The predicted octanol–water partition coefficient (Wildman–Crippen LogP) is 3.51. The van der Waals surface area contributed by atoms with Crippen LogP contribution in [0.25, 0.3) is 11.3 Å². The molecule has 2 rings (SSSR count). The average Bonchev–Trinajstić information content (AvgIpc) is 2.21. The van der Waals surface area contributed by atoms with E-state index in [0.29, 0.717) is 0 Å². The Kier molecular flexibility index (Phi) is 2.93. The number of hydrogen-bond donors (Lipinski definition) is 0. The van der Waals surface area contributed by atoms with Gasteiger partial charge in [-0.3, -0.25) is 0 Å². The smallest absolute Gasteiger partial charge is 0.115 e. The Morgan fingerprint density at radius 1 is 0.941 bits per heavy atom. The average molecular weight is 225 g/mol. The number of benzene rings is 1. The molecular formula is C16H19N. The molecule has 0 N–H and O–H groups in total. The van der Waals surface area contributed by atoms with Gasteiger partial charge in [0.15, 0.2) is 0 Å². The molecule has 2 aromatic rings. The van der Waals surface area contributed by atoms with E-state index in [2.05, 4.69) is 52.9 Å². The third kappa shape index (κ3) is 2.05. The van der Waals surface area contributed by atoms with Gasteiger partial charge in [-0.15, -0.1) is 0 Å². The van der Waals surface area contributed by atoms with Crippen LogP contribution in [-0.2, 0) is 0 Å². The summed E-state index contributed by atoms with van der Waals surface area (Å²) in [5.41, 5.74) is 7.72. The summed E-state index contributed by atoms with van der Waals surface area (Å²) in [6.07, 6.45) is 2.00. The molecule has 1 aromatic heterocycles. The van der Waals surface area contributed by atoms with E-state index >= 15 is 0 Å². The van der Waals surface area contributed by atoms with Gasteiger partial charge in [0, 0.05) is 7.05 Å². The van der Waals surface area contributed by atoms with Crippen LogP contribution in [0.5, 0.6) is 0 Å². The Bertz CT molecular complexity index is 524. The van der Waals surface area contributed by atoms with E-state index in [4.69, 9.17) is 0 Å². The third-order valence-electron chi connectivity index (χ3n) is 3.19. The lowest BCUT2D eigenvalue weighted by Gasteiger charge is -2.16. The Labute approximate surface area is 104 Å². The molecule has 0 amide bonds. The molecule has 0 aliphatic carbocycles. The number of rotatable bonds is 1. The standard InChI is InChI=1S/C16H19N/c1-11-9-13(3)15(14(4)10-11)16-12(2)7-6-8-17(16)5/h6-10H,5H2,1-4H3. The quantitative estimate of drug-likeness (QED) is 0.516. The van der Waals surface area contributed by atoms with Crippen molar-refractivity contribution in [2.75, 3.05) is 0 Å². The van der Waals surface area contributed by atoms with Gasteiger partial charge in [0.05, 0.1) is 6.20 Å². The van der Waals surface area contributed by atoms with E-state index in [0.717, 1.165) is 0 Å². The molecule has 0 saturated heterocycles. The fourth-order valence-electron chi connectivity index (χ4n) is 2.57. The summed E-state index contributed by atoms with van der Waals surface area (Å²) in [6, 6.07) is 8.63. The van der Waals surface area contributed by atoms with Crippen LogP contribution in [0.15, 0.2) is 30.5 Å². The first-order valence-electron chi connectivity index (χ1n) is 5.91. The summed E-state index contributed by atoms with van der Waals surface area (Å²) in [7, 11) is 4.08. The van der Waals surface area contributed by atoms with E-state index in [1.165, 1.54) is 33.5 Å². The van der Waals surface area contributed by atoms with Gasteiger partial charge in [-0.25, -0.2) is 0 Å². The zero-order chi connectivity index (χ0) is 12.6. The lowest BCUT2D eigenvalue weighted by molar-refractivity contribution is -0.601. The van der Waals surface area contributed by atoms with Gasteiger partial charge in [0.1, 0.15) is 5.69 Å². The molecule has 88 valence electrons. The van der Waals surface area contributed by atoms with Crippen LogP contribution >= 0.6 is 0 Å². The molecule has 0 bridgehead atoms. The van der Waals surface area contributed by atoms with Gasteiger partial charge in [-0.05, 0) is 49.9 Å². The highest BCUT2D eigenvalue weighted by Gasteiger charge is 2.11. The molecule has 0 fully saturated rings. The van der Waals surface area contributed by atoms with E-state index in [1.807, 2.05) is 16.8 Å². The van der Waals surface area contributed by atoms with Crippen LogP contribution in [-0.4, -0.2) is 0 Å². The number of aromatic nitrogens is 1. The molecule has 0 aliphatic heterocycles. The lowest BCUT2D eigenvalue weighted by Crippen LogP contribution is -2.29. The molecule has 0 aliphatic rings. The number of nitrogens with zero attached hydrogens (tertiary/aromatic N) is 1. The highest BCUT2D eigenvalue weighted by atomic mass is 14.9. The SMILES string of the molecule is [CH2-][n+]1cccc(C)c1-c1c(C)cc(C)cc1C. The van der Waals surface area contributed by atoms with Crippen molar-refractivity contribution in [2.24, 2.45) is 0 Å². The van der Waals surface area contributed by atoms with Crippen molar-refractivity contribution < 1.29 is 4.57 Å². The van der Waals surface area contributed by atoms with Crippen molar-refractivity contribution in [1.29, 1.82) is 0 Å². The number of pyridine rings is 1. The largest absolute Gasteiger partial charge is 0.333 e. The van der Waals surface area contributed by atoms with Crippen LogP contribution in [0, 0.1) is 34.7 Å². The normalized spacial score (nSPS) is 10.6. The van der Waals surface area contributed by atoms with Gasteiger partial charge in [0.25, 0.3) is 0 Å². The molecule has 1 aromatic carbocycles. The molecule has 0 radical (unpaired) electrons. The maximum atomic E-state index is 4.08. The topological polar surface area (TPSA) is 3.88 Å². The van der Waals surface area contributed by atoms with Gasteiger partial charge < -0.3 is 4.57 Å². The second kappa shape index (κ2) is 4.25. The van der Waals surface area contributed by atoms with E-state index in [-0.39, 0.29) is 0 Å². The monoisotopic (exact) mass is 225 g/mol. The lowest BCUT2D eigenvalue weighted by atomic mass is 9.94. The summed E-state index contributed by atoms with van der Waals surface area (Å²) in [5, 5.41) is 0. The van der Waals surface area contributed by atoms with Gasteiger partial charge >= 0.3 is 0 Å². The molecule has 17 heavy (non-hydrogen) atoms. The second-order valence-electron chi connectivity index (χ2n) is 4.78. The molecule has 1 nitrogen and oxygen atoms in total. The van der Waals surface area contributed by atoms with Crippen LogP contribution in [0.2, 0.25) is 0 Å². The number of hydrogen-bond acceptors (Lipinski definition) is 0. The first kappa shape index (κ1) is 11.7. The van der Waals surface area contributed by atoms with Crippen molar-refractivity contribution >= 4 is 0 Å². The first-order chi connectivity index (χ1) is 8.00. The molecule has 0 saturated carbocycles. The maximum absolute atomic E-state index is 4.08. The fourth-order valence-corrected chi connectivity index (χ4v) is 2.57. The minimum Gasteiger partial charge on any atom is -0.333 e. The van der Waals surface area contributed by atoms with Crippen molar-refractivity contribution in [1.82, 2.24) is 0 Å². The fraction of sp³-hybridized carbons (Fsp3) is 0.250. The summed E-state index contributed by atoms with van der Waals surface area (Å²) in [5.74, 6) is 0. The van der Waals surface area contributed by atoms with Gasteiger partial charge in [-0.1, -0.05) is 29.8 Å². The minimum atomic E-state index is 1.21. The molecule has 0 spiro atoms. The highest BCUT2D eigenvalue weighted by Crippen LogP contribution is 2.27. The maximum Gasteiger partial charge on any atom is 0.115 e. The van der Waals surface area contributed by atoms with E-state index < -0.39 is 0 Å². The molecular weight excluding hydrogens is 206 g/mol. The second-order valence-corrected chi connectivity index (χ2v) is 4.78. The van der Waals surface area contributed by atoms with Crippen molar-refractivity contribution in [3.05, 3.63) is 59.8 Å². The zero-order valence-corrected chi connectivity index (χ0v) is 11.0. The third-order valence-corrected chi connectivity index (χ3v) is 3.19. The first-order valence-corrected chi connectivity index (χ1v) is 5.91. The van der Waals surface area contributed by atoms with Crippen LogP contribution < -0.4 is 4.57 Å². The Morgan fingerprint density at radius 3 is 2.06 bits per heavy atom. The summed E-state index contributed by atoms with van der Waals surface area (Å²) in [4.78, 5) is 0. The van der Waals surface area contributed by atoms with Crippen molar-refractivity contribution in [3.8, 4) is 11.3 Å². The van der Waals surface area contributed by atoms with E-state index in [1.54, 1.807) is 0 Å². The van der Waals surface area contributed by atoms with Crippen LogP contribution in [0.4, 0.5) is 0 Å². The molecule has 1 heterocycles. The summed E-state index contributed by atoms with van der Waals surface area (Å²) < 4.78 is 1.96. The Morgan fingerprint density at radius 2 is 1.53 bits per heavy atom. The summed E-state index contributed by atoms with van der Waals surface area (Å²) >= 11 is 0.